The van der Waals surface area contributed by atoms with Gasteiger partial charge in [0.05, 0.1) is 0 Å². The van der Waals surface area contributed by atoms with E-state index in [0.29, 0.717) is 5.69 Å². The topological polar surface area (TPSA) is 61.4 Å². The molecular weight excluding hydrogens is 223 g/mol. The molecule has 0 aromatic heterocycles. The molecule has 0 aliphatic rings. The summed E-state index contributed by atoms with van der Waals surface area (Å²) in [4.78, 5) is 11.5. The first-order chi connectivity index (χ1) is 8.02. The van der Waals surface area contributed by atoms with Gasteiger partial charge in [-0.1, -0.05) is 13.0 Å². The van der Waals surface area contributed by atoms with Crippen molar-refractivity contribution in [1.29, 1.82) is 0 Å². The van der Waals surface area contributed by atoms with Crippen molar-refractivity contribution in [2.24, 2.45) is 5.92 Å². The van der Waals surface area contributed by atoms with Gasteiger partial charge in [-0.25, -0.2) is 9.18 Å². The number of benzene rings is 1. The maximum absolute atomic E-state index is 12.9. The van der Waals surface area contributed by atoms with Crippen LogP contribution in [0.25, 0.3) is 0 Å². The van der Waals surface area contributed by atoms with Crippen LogP contribution in [0.15, 0.2) is 24.3 Å². The van der Waals surface area contributed by atoms with Crippen LogP contribution >= 0.6 is 0 Å². The number of nitrogens with one attached hydrogen (secondary N) is 2. The molecule has 1 aromatic rings. The molecule has 4 nitrogen and oxygen atoms in total. The van der Waals surface area contributed by atoms with E-state index in [1.54, 1.807) is 13.0 Å². The predicted octanol–water partition coefficient (Wildman–Crippen LogP) is 1.96. The zero-order valence-electron chi connectivity index (χ0n) is 9.90. The first kappa shape index (κ1) is 13.4. The molecule has 1 aromatic carbocycles. The van der Waals surface area contributed by atoms with Gasteiger partial charge in [0.1, 0.15) is 5.82 Å². The minimum Gasteiger partial charge on any atom is -0.396 e. The van der Waals surface area contributed by atoms with E-state index < -0.39 is 11.8 Å². The van der Waals surface area contributed by atoms with E-state index in [0.717, 1.165) is 0 Å². The number of carbonyl (C=O) groups is 1. The average molecular weight is 240 g/mol. The highest BCUT2D eigenvalue weighted by Crippen LogP contribution is 2.09. The molecule has 2 atom stereocenters. The summed E-state index contributed by atoms with van der Waals surface area (Å²) in [5.74, 6) is -0.437. The van der Waals surface area contributed by atoms with Crippen molar-refractivity contribution < 1.29 is 14.3 Å². The number of amides is 2. The number of rotatable bonds is 4. The van der Waals surface area contributed by atoms with E-state index in [-0.39, 0.29) is 18.6 Å². The predicted molar refractivity (Wildman–Crippen MR) is 64.3 cm³/mol. The Morgan fingerprint density at radius 1 is 1.47 bits per heavy atom. The summed E-state index contributed by atoms with van der Waals surface area (Å²) in [6.07, 6.45) is 0. The minimum absolute atomic E-state index is 0.00140. The first-order valence-corrected chi connectivity index (χ1v) is 5.47. The smallest absolute Gasteiger partial charge is 0.319 e. The van der Waals surface area contributed by atoms with Crippen molar-refractivity contribution in [3.8, 4) is 0 Å². The van der Waals surface area contributed by atoms with Crippen LogP contribution in [0.4, 0.5) is 14.9 Å². The van der Waals surface area contributed by atoms with Gasteiger partial charge in [0.25, 0.3) is 0 Å². The zero-order valence-corrected chi connectivity index (χ0v) is 9.90. The number of hydrogen-bond donors (Lipinski definition) is 3. The molecule has 0 heterocycles. The molecule has 0 saturated carbocycles. The Bertz CT molecular complexity index is 385. The Hall–Kier alpha value is -1.62. The Morgan fingerprint density at radius 3 is 2.76 bits per heavy atom. The summed E-state index contributed by atoms with van der Waals surface area (Å²) in [5, 5.41) is 14.1. The molecule has 3 N–H and O–H groups in total. The second kappa shape index (κ2) is 6.20. The lowest BCUT2D eigenvalue weighted by molar-refractivity contribution is 0.204. The third kappa shape index (κ3) is 4.40. The maximum atomic E-state index is 12.9. The highest BCUT2D eigenvalue weighted by atomic mass is 19.1. The van der Waals surface area contributed by atoms with E-state index in [1.165, 1.54) is 18.2 Å². The maximum Gasteiger partial charge on any atom is 0.319 e. The lowest BCUT2D eigenvalue weighted by Crippen LogP contribution is -2.40. The molecule has 94 valence electrons. The first-order valence-electron chi connectivity index (χ1n) is 5.47. The number of carbonyl (C=O) groups excluding carboxylic acids is 1. The van der Waals surface area contributed by atoms with E-state index in [2.05, 4.69) is 10.6 Å². The summed E-state index contributed by atoms with van der Waals surface area (Å²) < 4.78 is 12.9. The van der Waals surface area contributed by atoms with Gasteiger partial charge in [-0.3, -0.25) is 0 Å². The van der Waals surface area contributed by atoms with Crippen LogP contribution in [-0.2, 0) is 0 Å². The fourth-order valence-corrected chi connectivity index (χ4v) is 1.24. The Labute approximate surface area is 99.8 Å². The standard InChI is InChI=1S/C12H17FN2O2/c1-8(7-16)9(2)14-12(17)15-11-5-3-4-10(13)6-11/h3-6,8-9,16H,7H2,1-2H3,(H2,14,15,17). The SMILES string of the molecule is CC(CO)C(C)NC(=O)Nc1cccc(F)c1. The van der Waals surface area contributed by atoms with Crippen LogP contribution in [0.5, 0.6) is 0 Å². The Balaban J connectivity index is 2.50. The molecule has 17 heavy (non-hydrogen) atoms. The molecule has 0 fully saturated rings. The molecule has 1 rings (SSSR count). The molecule has 2 unspecified atom stereocenters. The Kier molecular flexibility index (Phi) is 4.90. The largest absolute Gasteiger partial charge is 0.396 e. The van der Waals surface area contributed by atoms with Gasteiger partial charge in [-0.2, -0.15) is 0 Å². The molecule has 5 heteroatoms. The number of urea groups is 1. The van der Waals surface area contributed by atoms with E-state index in [9.17, 15) is 9.18 Å². The van der Waals surface area contributed by atoms with Crippen molar-refractivity contribution >= 4 is 11.7 Å². The summed E-state index contributed by atoms with van der Waals surface area (Å²) in [6, 6.07) is 5.09. The molecule has 2 amide bonds. The van der Waals surface area contributed by atoms with Crippen LogP contribution in [0.3, 0.4) is 0 Å². The minimum atomic E-state index is -0.414. The molecule has 0 aliphatic carbocycles. The van der Waals surface area contributed by atoms with Crippen molar-refractivity contribution in [3.05, 3.63) is 30.1 Å². The quantitative estimate of drug-likeness (QED) is 0.753. The number of anilines is 1. The van der Waals surface area contributed by atoms with Crippen LogP contribution in [0, 0.1) is 11.7 Å². The fourth-order valence-electron chi connectivity index (χ4n) is 1.24. The second-order valence-corrected chi connectivity index (χ2v) is 4.06. The number of halogens is 1. The molecule has 0 bridgehead atoms. The van der Waals surface area contributed by atoms with Gasteiger partial charge in [0.2, 0.25) is 0 Å². The van der Waals surface area contributed by atoms with Crippen LogP contribution in [0.1, 0.15) is 13.8 Å². The van der Waals surface area contributed by atoms with Crippen LogP contribution in [-0.4, -0.2) is 23.8 Å². The van der Waals surface area contributed by atoms with Crippen LogP contribution in [0.2, 0.25) is 0 Å². The van der Waals surface area contributed by atoms with Crippen LogP contribution < -0.4 is 10.6 Å². The zero-order chi connectivity index (χ0) is 12.8. The summed E-state index contributed by atoms with van der Waals surface area (Å²) in [5.41, 5.74) is 0.395. The van der Waals surface area contributed by atoms with Gasteiger partial charge >= 0.3 is 6.03 Å². The van der Waals surface area contributed by atoms with E-state index in [4.69, 9.17) is 5.11 Å². The second-order valence-electron chi connectivity index (χ2n) is 4.06. The molecule has 0 aliphatic heterocycles. The third-order valence-corrected chi connectivity index (χ3v) is 2.58. The van der Waals surface area contributed by atoms with Crippen molar-refractivity contribution in [2.45, 2.75) is 19.9 Å². The lowest BCUT2D eigenvalue weighted by Gasteiger charge is -2.19. The molecule has 0 spiro atoms. The monoisotopic (exact) mass is 240 g/mol. The van der Waals surface area contributed by atoms with E-state index in [1.807, 2.05) is 6.92 Å². The van der Waals surface area contributed by atoms with Gasteiger partial charge in [-0.15, -0.1) is 0 Å². The van der Waals surface area contributed by atoms with Gasteiger partial charge < -0.3 is 15.7 Å². The highest BCUT2D eigenvalue weighted by Gasteiger charge is 2.13. The average Bonchev–Trinajstić information content (AvgIpc) is 2.27. The molecule has 0 radical (unpaired) electrons. The van der Waals surface area contributed by atoms with Gasteiger partial charge in [0, 0.05) is 18.3 Å². The highest BCUT2D eigenvalue weighted by molar-refractivity contribution is 5.89. The number of aliphatic hydroxyl groups is 1. The molecular formula is C12H17FN2O2. The normalized spacial score (nSPS) is 13.9. The summed E-state index contributed by atoms with van der Waals surface area (Å²) in [6.45, 7) is 3.63. The lowest BCUT2D eigenvalue weighted by atomic mass is 10.1. The van der Waals surface area contributed by atoms with Gasteiger partial charge in [0.15, 0.2) is 0 Å². The fraction of sp³-hybridized carbons (Fsp3) is 0.417. The van der Waals surface area contributed by atoms with Crippen molar-refractivity contribution in [1.82, 2.24) is 5.32 Å². The Morgan fingerprint density at radius 2 is 2.18 bits per heavy atom. The number of hydrogen-bond acceptors (Lipinski definition) is 2. The summed E-state index contributed by atoms with van der Waals surface area (Å²) in [7, 11) is 0. The molecule has 0 saturated heterocycles. The van der Waals surface area contributed by atoms with Crippen molar-refractivity contribution in [3.63, 3.8) is 0 Å². The van der Waals surface area contributed by atoms with Gasteiger partial charge in [-0.05, 0) is 31.0 Å². The number of aliphatic hydroxyl groups excluding tert-OH is 1. The van der Waals surface area contributed by atoms with E-state index >= 15 is 0 Å². The summed E-state index contributed by atoms with van der Waals surface area (Å²) >= 11 is 0. The van der Waals surface area contributed by atoms with Crippen molar-refractivity contribution in [2.75, 3.05) is 11.9 Å². The third-order valence-electron chi connectivity index (χ3n) is 2.58.